The van der Waals surface area contributed by atoms with Crippen LogP contribution in [0.4, 0.5) is 5.69 Å². The lowest BCUT2D eigenvalue weighted by Gasteiger charge is -1.97. The Labute approximate surface area is 79.2 Å². The molecule has 1 saturated heterocycles. The first-order chi connectivity index (χ1) is 6.18. The van der Waals surface area contributed by atoms with Crippen molar-refractivity contribution in [2.45, 2.75) is 6.10 Å². The molecule has 13 heavy (non-hydrogen) atoms. The van der Waals surface area contributed by atoms with Gasteiger partial charge in [-0.05, 0) is 11.6 Å². The molecule has 0 spiro atoms. The molecule has 0 bridgehead atoms. The zero-order valence-corrected chi connectivity index (χ0v) is 7.32. The molecule has 0 unspecified atom stereocenters. The predicted molar refractivity (Wildman–Crippen MR) is 46.8 cm³/mol. The minimum absolute atomic E-state index is 0.0240. The van der Waals surface area contributed by atoms with Crippen molar-refractivity contribution in [2.75, 3.05) is 6.61 Å². The second-order valence-electron chi connectivity index (χ2n) is 2.79. The highest BCUT2D eigenvalue weighted by Gasteiger charge is 2.27. The van der Waals surface area contributed by atoms with E-state index >= 15 is 0 Å². The van der Waals surface area contributed by atoms with Gasteiger partial charge in [-0.3, -0.25) is 10.1 Å². The summed E-state index contributed by atoms with van der Waals surface area (Å²) in [7, 11) is 0. The fourth-order valence-corrected chi connectivity index (χ4v) is 1.30. The molecule has 0 N–H and O–H groups in total. The van der Waals surface area contributed by atoms with E-state index < -0.39 is 4.92 Å². The largest absolute Gasteiger partial charge is 0.368 e. The molecule has 1 atom stereocenters. The molecule has 1 fully saturated rings. The maximum Gasteiger partial charge on any atom is 0.288 e. The monoisotopic (exact) mass is 199 g/mol. The summed E-state index contributed by atoms with van der Waals surface area (Å²) in [6.07, 6.45) is 0.0240. The maximum atomic E-state index is 10.5. The minimum atomic E-state index is -0.492. The van der Waals surface area contributed by atoms with Crippen LogP contribution in [0.3, 0.4) is 0 Å². The molecule has 5 heteroatoms. The summed E-state index contributed by atoms with van der Waals surface area (Å²) < 4.78 is 5.00. The van der Waals surface area contributed by atoms with Gasteiger partial charge in [0.15, 0.2) is 0 Å². The Morgan fingerprint density at radius 3 is 2.85 bits per heavy atom. The second-order valence-corrected chi connectivity index (χ2v) is 3.20. The predicted octanol–water partition coefficient (Wildman–Crippen LogP) is 2.32. The van der Waals surface area contributed by atoms with Crippen LogP contribution >= 0.6 is 11.6 Å². The summed E-state index contributed by atoms with van der Waals surface area (Å²) in [5.41, 5.74) is 0.755. The quantitative estimate of drug-likeness (QED) is 0.417. The van der Waals surface area contributed by atoms with E-state index in [1.54, 1.807) is 6.07 Å². The number of nitrogens with zero attached hydrogens (tertiary/aromatic N) is 1. The van der Waals surface area contributed by atoms with Crippen molar-refractivity contribution in [3.8, 4) is 0 Å². The second kappa shape index (κ2) is 2.97. The zero-order valence-electron chi connectivity index (χ0n) is 6.57. The first-order valence-electron chi connectivity index (χ1n) is 3.74. The molecule has 1 aliphatic rings. The Balaban J connectivity index is 2.41. The summed E-state index contributed by atoms with van der Waals surface area (Å²) in [4.78, 5) is 10.0. The fourth-order valence-electron chi connectivity index (χ4n) is 1.11. The van der Waals surface area contributed by atoms with Gasteiger partial charge in [0.25, 0.3) is 5.69 Å². The van der Waals surface area contributed by atoms with E-state index in [-0.39, 0.29) is 16.8 Å². The number of hydrogen-bond acceptors (Lipinski definition) is 3. The summed E-state index contributed by atoms with van der Waals surface area (Å²) in [5, 5.41) is 10.7. The first-order valence-corrected chi connectivity index (χ1v) is 4.12. The normalized spacial score (nSPS) is 19.9. The van der Waals surface area contributed by atoms with Crippen LogP contribution < -0.4 is 0 Å². The van der Waals surface area contributed by atoms with Crippen LogP contribution in [0.2, 0.25) is 5.02 Å². The van der Waals surface area contributed by atoms with E-state index in [1.807, 2.05) is 0 Å². The van der Waals surface area contributed by atoms with Gasteiger partial charge >= 0.3 is 0 Å². The first kappa shape index (κ1) is 8.47. The fraction of sp³-hybridized carbons (Fsp3) is 0.250. The minimum Gasteiger partial charge on any atom is -0.368 e. The Kier molecular flexibility index (Phi) is 1.94. The number of ether oxygens (including phenoxy) is 1. The van der Waals surface area contributed by atoms with Gasteiger partial charge < -0.3 is 4.74 Å². The highest BCUT2D eigenvalue weighted by atomic mass is 35.5. The third kappa shape index (κ3) is 1.64. The van der Waals surface area contributed by atoms with E-state index in [2.05, 4.69) is 0 Å². The molecule has 0 aliphatic carbocycles. The van der Waals surface area contributed by atoms with Gasteiger partial charge in [0.2, 0.25) is 0 Å². The van der Waals surface area contributed by atoms with E-state index in [0.717, 1.165) is 5.56 Å². The summed E-state index contributed by atoms with van der Waals surface area (Å²) in [6, 6.07) is 4.73. The molecule has 0 radical (unpaired) electrons. The Morgan fingerprint density at radius 1 is 1.62 bits per heavy atom. The molecule has 1 aliphatic heterocycles. The molecular weight excluding hydrogens is 194 g/mol. The van der Waals surface area contributed by atoms with Crippen molar-refractivity contribution in [2.24, 2.45) is 0 Å². The van der Waals surface area contributed by atoms with Gasteiger partial charge in [-0.15, -0.1) is 0 Å². The van der Waals surface area contributed by atoms with E-state index in [0.29, 0.717) is 6.61 Å². The standard InChI is InChI=1S/C8H6ClNO3/c9-6-2-1-5(8-4-13-8)3-7(6)10(11)12/h1-3,8H,4H2/t8-/m0/s1. The summed E-state index contributed by atoms with van der Waals surface area (Å²) in [6.45, 7) is 0.638. The van der Waals surface area contributed by atoms with Crippen LogP contribution in [0.25, 0.3) is 0 Å². The lowest BCUT2D eigenvalue weighted by molar-refractivity contribution is -0.384. The third-order valence-corrected chi connectivity index (χ3v) is 2.19. The van der Waals surface area contributed by atoms with Crippen LogP contribution in [-0.2, 0) is 4.74 Å². The lowest BCUT2D eigenvalue weighted by Crippen LogP contribution is -1.91. The number of halogens is 1. The average Bonchev–Trinajstić information content (AvgIpc) is 2.87. The van der Waals surface area contributed by atoms with Crippen LogP contribution in [0, 0.1) is 10.1 Å². The molecular formula is C8H6ClNO3. The van der Waals surface area contributed by atoms with Crippen molar-refractivity contribution in [1.29, 1.82) is 0 Å². The third-order valence-electron chi connectivity index (χ3n) is 1.87. The van der Waals surface area contributed by atoms with Crippen molar-refractivity contribution in [3.63, 3.8) is 0 Å². The van der Waals surface area contributed by atoms with Gasteiger partial charge in [-0.1, -0.05) is 17.7 Å². The maximum absolute atomic E-state index is 10.5. The summed E-state index contributed by atoms with van der Waals surface area (Å²) >= 11 is 5.63. The highest BCUT2D eigenvalue weighted by molar-refractivity contribution is 6.32. The molecule has 1 aromatic rings. The van der Waals surface area contributed by atoms with Gasteiger partial charge in [0.05, 0.1) is 11.5 Å². The molecule has 0 amide bonds. The Bertz CT molecular complexity index is 362. The molecule has 1 aromatic carbocycles. The van der Waals surface area contributed by atoms with Gasteiger partial charge in [0.1, 0.15) is 11.1 Å². The molecule has 0 saturated carbocycles. The number of nitro groups is 1. The van der Waals surface area contributed by atoms with Gasteiger partial charge in [-0.2, -0.15) is 0 Å². The van der Waals surface area contributed by atoms with Crippen LogP contribution in [0.1, 0.15) is 11.7 Å². The van der Waals surface area contributed by atoms with Gasteiger partial charge in [-0.25, -0.2) is 0 Å². The van der Waals surface area contributed by atoms with Gasteiger partial charge in [0, 0.05) is 6.07 Å². The molecule has 2 rings (SSSR count). The van der Waals surface area contributed by atoms with Crippen LogP contribution in [0.15, 0.2) is 18.2 Å². The van der Waals surface area contributed by atoms with Crippen molar-refractivity contribution >= 4 is 17.3 Å². The van der Waals surface area contributed by atoms with Crippen LogP contribution in [-0.4, -0.2) is 11.5 Å². The molecule has 1 heterocycles. The number of nitro benzene ring substituents is 1. The van der Waals surface area contributed by atoms with Crippen molar-refractivity contribution in [3.05, 3.63) is 38.9 Å². The topological polar surface area (TPSA) is 55.7 Å². The molecule has 0 aromatic heterocycles. The van der Waals surface area contributed by atoms with Crippen LogP contribution in [0.5, 0.6) is 0 Å². The lowest BCUT2D eigenvalue weighted by atomic mass is 10.1. The van der Waals surface area contributed by atoms with E-state index in [9.17, 15) is 10.1 Å². The van der Waals surface area contributed by atoms with Crippen molar-refractivity contribution < 1.29 is 9.66 Å². The van der Waals surface area contributed by atoms with Crippen molar-refractivity contribution in [1.82, 2.24) is 0 Å². The average molecular weight is 200 g/mol. The number of epoxide rings is 1. The Morgan fingerprint density at radius 2 is 2.31 bits per heavy atom. The smallest absolute Gasteiger partial charge is 0.288 e. The zero-order chi connectivity index (χ0) is 9.42. The number of hydrogen-bond donors (Lipinski definition) is 0. The highest BCUT2D eigenvalue weighted by Crippen LogP contribution is 2.34. The number of rotatable bonds is 2. The molecule has 68 valence electrons. The SMILES string of the molecule is O=[N+]([O-])c1cc([C@@H]2CO2)ccc1Cl. The van der Waals surface area contributed by atoms with E-state index in [4.69, 9.17) is 16.3 Å². The number of benzene rings is 1. The Hall–Kier alpha value is -1.13. The molecule has 4 nitrogen and oxygen atoms in total. The summed E-state index contributed by atoms with van der Waals surface area (Å²) in [5.74, 6) is 0. The van der Waals surface area contributed by atoms with E-state index in [1.165, 1.54) is 12.1 Å².